The molecule has 0 bridgehead atoms. The van der Waals surface area contributed by atoms with Gasteiger partial charge in [-0.1, -0.05) is 60.7 Å². The Labute approximate surface area is 175 Å². The van der Waals surface area contributed by atoms with E-state index in [1.165, 1.54) is 5.56 Å². The van der Waals surface area contributed by atoms with Crippen LogP contribution in [0.1, 0.15) is 34.0 Å². The monoisotopic (exact) mass is 398 g/mol. The van der Waals surface area contributed by atoms with Crippen LogP contribution in [0.3, 0.4) is 0 Å². The number of hydrogen-bond donors (Lipinski definition) is 0. The maximum Gasteiger partial charge on any atom is 0.342 e. The van der Waals surface area contributed by atoms with Crippen molar-refractivity contribution in [2.24, 2.45) is 0 Å². The van der Waals surface area contributed by atoms with Gasteiger partial charge in [0.2, 0.25) is 5.78 Å². The Morgan fingerprint density at radius 3 is 2.27 bits per heavy atom. The SMILES string of the molecule is CCOC(=O)C1=C(c2ccccc2)c2ccc(OCCc3ccccc3)cc2C1=O. The van der Waals surface area contributed by atoms with Crippen molar-refractivity contribution >= 4 is 17.3 Å². The number of carbonyl (C=O) groups excluding carboxylic acids is 2. The zero-order valence-electron chi connectivity index (χ0n) is 16.8. The fraction of sp³-hybridized carbons (Fsp3) is 0.154. The first kappa shape index (κ1) is 19.6. The van der Waals surface area contributed by atoms with Crippen LogP contribution in [0.15, 0.2) is 84.4 Å². The number of ether oxygens (including phenoxy) is 2. The Balaban J connectivity index is 1.62. The highest BCUT2D eigenvalue weighted by atomic mass is 16.5. The second-order valence-corrected chi connectivity index (χ2v) is 6.96. The summed E-state index contributed by atoms with van der Waals surface area (Å²) >= 11 is 0. The lowest BCUT2D eigenvalue weighted by Crippen LogP contribution is -2.14. The molecular weight excluding hydrogens is 376 g/mol. The van der Waals surface area contributed by atoms with Crippen molar-refractivity contribution in [3.05, 3.63) is 107 Å². The van der Waals surface area contributed by atoms with Gasteiger partial charge >= 0.3 is 5.97 Å². The van der Waals surface area contributed by atoms with Crippen LogP contribution < -0.4 is 4.74 Å². The molecule has 0 N–H and O–H groups in total. The van der Waals surface area contributed by atoms with E-state index in [2.05, 4.69) is 12.1 Å². The topological polar surface area (TPSA) is 52.6 Å². The summed E-state index contributed by atoms with van der Waals surface area (Å²) in [6.07, 6.45) is 0.771. The lowest BCUT2D eigenvalue weighted by molar-refractivity contribution is -0.137. The molecule has 150 valence electrons. The van der Waals surface area contributed by atoms with Crippen LogP contribution in [0.5, 0.6) is 5.75 Å². The molecule has 0 unspecified atom stereocenters. The Bertz CT molecular complexity index is 1100. The zero-order valence-corrected chi connectivity index (χ0v) is 16.8. The lowest BCUT2D eigenvalue weighted by atomic mass is 9.97. The molecule has 30 heavy (non-hydrogen) atoms. The molecule has 0 amide bonds. The Morgan fingerprint density at radius 2 is 1.57 bits per heavy atom. The van der Waals surface area contributed by atoms with Gasteiger partial charge in [-0.25, -0.2) is 4.79 Å². The molecule has 0 spiro atoms. The number of Topliss-reactive ketones (excluding diaryl/α,β-unsaturated/α-hetero) is 1. The van der Waals surface area contributed by atoms with Crippen molar-refractivity contribution in [1.29, 1.82) is 0 Å². The third kappa shape index (κ3) is 3.90. The lowest BCUT2D eigenvalue weighted by Gasteiger charge is -2.10. The van der Waals surface area contributed by atoms with E-state index in [-0.39, 0.29) is 18.0 Å². The Morgan fingerprint density at radius 1 is 0.867 bits per heavy atom. The van der Waals surface area contributed by atoms with Crippen LogP contribution >= 0.6 is 0 Å². The predicted octanol–water partition coefficient (Wildman–Crippen LogP) is 4.87. The third-order valence-corrected chi connectivity index (χ3v) is 5.03. The van der Waals surface area contributed by atoms with Crippen LogP contribution in [-0.2, 0) is 16.0 Å². The number of rotatable bonds is 7. The average molecular weight is 398 g/mol. The molecule has 0 saturated carbocycles. The summed E-state index contributed by atoms with van der Waals surface area (Å²) in [6, 6.07) is 24.9. The Hall–Kier alpha value is -3.66. The number of carbonyl (C=O) groups is 2. The summed E-state index contributed by atoms with van der Waals surface area (Å²) < 4.78 is 11.1. The van der Waals surface area contributed by atoms with Gasteiger partial charge in [0, 0.05) is 17.6 Å². The average Bonchev–Trinajstić information content (AvgIpc) is 3.07. The van der Waals surface area contributed by atoms with Crippen LogP contribution in [0.4, 0.5) is 0 Å². The summed E-state index contributed by atoms with van der Waals surface area (Å²) in [7, 11) is 0. The van der Waals surface area contributed by atoms with Crippen molar-refractivity contribution in [2.45, 2.75) is 13.3 Å². The fourth-order valence-electron chi connectivity index (χ4n) is 3.64. The van der Waals surface area contributed by atoms with E-state index >= 15 is 0 Å². The molecule has 3 aromatic carbocycles. The highest BCUT2D eigenvalue weighted by Crippen LogP contribution is 2.39. The summed E-state index contributed by atoms with van der Waals surface area (Å²) in [5.41, 5.74) is 3.89. The van der Waals surface area contributed by atoms with E-state index in [4.69, 9.17) is 9.47 Å². The molecular formula is C26H22O4. The van der Waals surface area contributed by atoms with Crippen molar-refractivity contribution in [2.75, 3.05) is 13.2 Å². The van der Waals surface area contributed by atoms with Gasteiger partial charge < -0.3 is 9.47 Å². The number of fused-ring (bicyclic) bond motifs is 1. The van der Waals surface area contributed by atoms with E-state index in [9.17, 15) is 9.59 Å². The van der Waals surface area contributed by atoms with Gasteiger partial charge in [-0.2, -0.15) is 0 Å². The fourth-order valence-corrected chi connectivity index (χ4v) is 3.64. The van der Waals surface area contributed by atoms with Gasteiger partial charge in [0.15, 0.2) is 0 Å². The minimum Gasteiger partial charge on any atom is -0.493 e. The summed E-state index contributed by atoms with van der Waals surface area (Å²) in [4.78, 5) is 25.7. The molecule has 4 heteroatoms. The molecule has 4 rings (SSSR count). The quantitative estimate of drug-likeness (QED) is 0.421. The van der Waals surface area contributed by atoms with Gasteiger partial charge in [-0.15, -0.1) is 0 Å². The summed E-state index contributed by atoms with van der Waals surface area (Å²) in [5.74, 6) is -0.310. The van der Waals surface area contributed by atoms with Crippen LogP contribution in [0, 0.1) is 0 Å². The van der Waals surface area contributed by atoms with E-state index in [0.29, 0.717) is 23.5 Å². The molecule has 0 saturated heterocycles. The summed E-state index contributed by atoms with van der Waals surface area (Å²) in [5, 5.41) is 0. The first-order valence-electron chi connectivity index (χ1n) is 10.0. The molecule has 1 aliphatic carbocycles. The maximum absolute atomic E-state index is 13.1. The van der Waals surface area contributed by atoms with Gasteiger partial charge in [0.25, 0.3) is 0 Å². The molecule has 4 nitrogen and oxygen atoms in total. The highest BCUT2D eigenvalue weighted by molar-refractivity contribution is 6.35. The van der Waals surface area contributed by atoms with Gasteiger partial charge in [0.1, 0.15) is 11.3 Å². The van der Waals surface area contributed by atoms with Crippen molar-refractivity contribution in [3.8, 4) is 5.75 Å². The van der Waals surface area contributed by atoms with Crippen molar-refractivity contribution in [1.82, 2.24) is 0 Å². The smallest absolute Gasteiger partial charge is 0.342 e. The molecule has 0 aliphatic heterocycles. The zero-order chi connectivity index (χ0) is 20.9. The predicted molar refractivity (Wildman–Crippen MR) is 116 cm³/mol. The van der Waals surface area contributed by atoms with Crippen molar-refractivity contribution in [3.63, 3.8) is 0 Å². The van der Waals surface area contributed by atoms with E-state index < -0.39 is 5.97 Å². The number of esters is 1. The van der Waals surface area contributed by atoms with Gasteiger partial charge in [-0.3, -0.25) is 4.79 Å². The first-order valence-corrected chi connectivity index (χ1v) is 10.0. The van der Waals surface area contributed by atoms with Crippen LogP contribution in [0.2, 0.25) is 0 Å². The second-order valence-electron chi connectivity index (χ2n) is 6.96. The molecule has 0 fully saturated rings. The minimum atomic E-state index is -0.593. The van der Waals surface area contributed by atoms with E-state index in [1.807, 2.05) is 60.7 Å². The Kier molecular flexibility index (Phi) is 5.75. The minimum absolute atomic E-state index is 0.0829. The molecule has 1 aliphatic rings. The number of hydrogen-bond acceptors (Lipinski definition) is 4. The standard InChI is InChI=1S/C26H22O4/c1-2-29-26(28)24-23(19-11-7-4-8-12-19)21-14-13-20(17-22(21)25(24)27)30-16-15-18-9-5-3-6-10-18/h3-14,17H,2,15-16H2,1H3. The van der Waals surface area contributed by atoms with Gasteiger partial charge in [-0.05, 0) is 41.8 Å². The number of benzene rings is 3. The van der Waals surface area contributed by atoms with Crippen molar-refractivity contribution < 1.29 is 19.1 Å². The summed E-state index contributed by atoms with van der Waals surface area (Å²) in [6.45, 7) is 2.44. The number of ketones is 1. The molecule has 0 atom stereocenters. The molecule has 0 radical (unpaired) electrons. The maximum atomic E-state index is 13.1. The van der Waals surface area contributed by atoms with Gasteiger partial charge in [0.05, 0.1) is 13.2 Å². The molecule has 3 aromatic rings. The van der Waals surface area contributed by atoms with Crippen LogP contribution in [0.25, 0.3) is 5.57 Å². The first-order chi connectivity index (χ1) is 14.7. The third-order valence-electron chi connectivity index (χ3n) is 5.03. The molecule has 0 heterocycles. The van der Waals surface area contributed by atoms with E-state index in [0.717, 1.165) is 17.5 Å². The second kappa shape index (κ2) is 8.78. The largest absolute Gasteiger partial charge is 0.493 e. The highest BCUT2D eigenvalue weighted by Gasteiger charge is 2.35. The van der Waals surface area contributed by atoms with Crippen LogP contribution in [-0.4, -0.2) is 25.0 Å². The normalized spacial score (nSPS) is 12.6. The van der Waals surface area contributed by atoms with E-state index in [1.54, 1.807) is 13.0 Å². The molecule has 0 aromatic heterocycles.